The van der Waals surface area contributed by atoms with Crippen LogP contribution < -0.4 is 11.1 Å². The predicted octanol–water partition coefficient (Wildman–Crippen LogP) is 0.631. The second-order valence-electron chi connectivity index (χ2n) is 5.92. The van der Waals surface area contributed by atoms with Gasteiger partial charge in [0.15, 0.2) is 0 Å². The Morgan fingerprint density at radius 3 is 2.68 bits per heavy atom. The second kappa shape index (κ2) is 6.37. The molecule has 5 heteroatoms. The average molecular weight is 267 g/mol. The van der Waals surface area contributed by atoms with Crippen LogP contribution in [0.5, 0.6) is 0 Å². The molecule has 0 aliphatic carbocycles. The van der Waals surface area contributed by atoms with Crippen molar-refractivity contribution in [3.8, 4) is 0 Å². The quantitative estimate of drug-likeness (QED) is 0.787. The number of rotatable bonds is 3. The molecule has 2 heterocycles. The van der Waals surface area contributed by atoms with Gasteiger partial charge in [0.1, 0.15) is 0 Å². The zero-order valence-corrected chi connectivity index (χ0v) is 11.7. The molecule has 0 spiro atoms. The standard InChI is InChI=1S/C14H25N3O2/c1-10-5-6-11(14(15)19)9-17(10)13(18)8-12-4-2-3-7-16-12/h10-12,16H,2-9H2,1H3,(H2,15,19). The first-order valence-corrected chi connectivity index (χ1v) is 7.40. The van der Waals surface area contributed by atoms with Crippen LogP contribution >= 0.6 is 0 Å². The number of nitrogens with two attached hydrogens (primary N) is 1. The molecule has 108 valence electrons. The smallest absolute Gasteiger partial charge is 0.224 e. The van der Waals surface area contributed by atoms with Gasteiger partial charge in [0.05, 0.1) is 5.92 Å². The number of primary amides is 1. The minimum absolute atomic E-state index is 0.165. The van der Waals surface area contributed by atoms with E-state index in [1.54, 1.807) is 0 Å². The lowest BCUT2D eigenvalue weighted by Gasteiger charge is -2.38. The van der Waals surface area contributed by atoms with E-state index in [0.717, 1.165) is 25.8 Å². The van der Waals surface area contributed by atoms with E-state index in [1.165, 1.54) is 12.8 Å². The van der Waals surface area contributed by atoms with Crippen LogP contribution in [0.2, 0.25) is 0 Å². The molecule has 2 aliphatic rings. The maximum absolute atomic E-state index is 12.4. The van der Waals surface area contributed by atoms with Gasteiger partial charge in [-0.15, -0.1) is 0 Å². The first-order chi connectivity index (χ1) is 9.08. The first kappa shape index (κ1) is 14.3. The molecule has 0 aromatic heterocycles. The molecule has 2 saturated heterocycles. The number of hydrogen-bond donors (Lipinski definition) is 2. The van der Waals surface area contributed by atoms with Crippen molar-refractivity contribution in [2.24, 2.45) is 11.7 Å². The number of carbonyl (C=O) groups is 2. The summed E-state index contributed by atoms with van der Waals surface area (Å²) in [5, 5.41) is 3.40. The van der Waals surface area contributed by atoms with Crippen LogP contribution in [0.15, 0.2) is 0 Å². The summed E-state index contributed by atoms with van der Waals surface area (Å²) in [5.74, 6) is -0.280. The van der Waals surface area contributed by atoms with Crippen LogP contribution in [0.3, 0.4) is 0 Å². The molecule has 0 radical (unpaired) electrons. The molecule has 19 heavy (non-hydrogen) atoms. The molecular formula is C14H25N3O2. The third-order valence-corrected chi connectivity index (χ3v) is 4.44. The van der Waals surface area contributed by atoms with E-state index in [4.69, 9.17) is 5.73 Å². The molecule has 0 aromatic carbocycles. The largest absolute Gasteiger partial charge is 0.369 e. The van der Waals surface area contributed by atoms with Crippen molar-refractivity contribution < 1.29 is 9.59 Å². The zero-order valence-electron chi connectivity index (χ0n) is 11.7. The van der Waals surface area contributed by atoms with Crippen LogP contribution in [0.4, 0.5) is 0 Å². The Labute approximate surface area is 114 Å². The van der Waals surface area contributed by atoms with Gasteiger partial charge in [-0.05, 0) is 39.2 Å². The Bertz CT molecular complexity index is 340. The summed E-state index contributed by atoms with van der Waals surface area (Å²) in [6.07, 6.45) is 5.71. The number of hydrogen-bond acceptors (Lipinski definition) is 3. The zero-order chi connectivity index (χ0) is 13.8. The number of nitrogens with one attached hydrogen (secondary N) is 1. The monoisotopic (exact) mass is 267 g/mol. The normalized spacial score (nSPS) is 32.1. The number of amides is 2. The minimum Gasteiger partial charge on any atom is -0.369 e. The number of nitrogens with zero attached hydrogens (tertiary/aromatic N) is 1. The molecule has 2 aliphatic heterocycles. The highest BCUT2D eigenvalue weighted by molar-refractivity contribution is 5.80. The Hall–Kier alpha value is -1.10. The lowest BCUT2D eigenvalue weighted by molar-refractivity contribution is -0.138. The Kier molecular flexibility index (Phi) is 4.80. The molecular weight excluding hydrogens is 242 g/mol. The number of piperidine rings is 2. The van der Waals surface area contributed by atoms with Gasteiger partial charge in [0.2, 0.25) is 11.8 Å². The Morgan fingerprint density at radius 1 is 1.26 bits per heavy atom. The Morgan fingerprint density at radius 2 is 2.05 bits per heavy atom. The summed E-state index contributed by atoms with van der Waals surface area (Å²) in [6, 6.07) is 0.536. The van der Waals surface area contributed by atoms with E-state index in [9.17, 15) is 9.59 Å². The Balaban J connectivity index is 1.90. The van der Waals surface area contributed by atoms with Crippen LogP contribution in [-0.2, 0) is 9.59 Å². The maximum atomic E-state index is 12.4. The molecule has 2 amide bonds. The summed E-state index contributed by atoms with van der Waals surface area (Å²) >= 11 is 0. The van der Waals surface area contributed by atoms with Crippen LogP contribution in [-0.4, -0.2) is 41.9 Å². The predicted molar refractivity (Wildman–Crippen MR) is 73.4 cm³/mol. The van der Waals surface area contributed by atoms with Gasteiger partial charge in [0.25, 0.3) is 0 Å². The van der Waals surface area contributed by atoms with Crippen molar-refractivity contribution in [2.45, 2.75) is 57.5 Å². The van der Waals surface area contributed by atoms with Crippen molar-refractivity contribution in [1.29, 1.82) is 0 Å². The van der Waals surface area contributed by atoms with E-state index in [0.29, 0.717) is 19.0 Å². The van der Waals surface area contributed by atoms with E-state index < -0.39 is 0 Å². The van der Waals surface area contributed by atoms with Gasteiger partial charge < -0.3 is 16.0 Å². The fourth-order valence-corrected chi connectivity index (χ4v) is 3.11. The maximum Gasteiger partial charge on any atom is 0.224 e. The average Bonchev–Trinajstić information content (AvgIpc) is 2.40. The SMILES string of the molecule is CC1CCC(C(N)=O)CN1C(=O)CC1CCCCN1. The molecule has 3 N–H and O–H groups in total. The molecule has 0 saturated carbocycles. The molecule has 0 aromatic rings. The van der Waals surface area contributed by atoms with Gasteiger partial charge in [-0.2, -0.15) is 0 Å². The van der Waals surface area contributed by atoms with Crippen LogP contribution in [0.25, 0.3) is 0 Å². The fourth-order valence-electron chi connectivity index (χ4n) is 3.11. The topological polar surface area (TPSA) is 75.4 Å². The molecule has 2 fully saturated rings. The van der Waals surface area contributed by atoms with E-state index in [1.807, 2.05) is 4.90 Å². The van der Waals surface area contributed by atoms with Crippen molar-refractivity contribution in [1.82, 2.24) is 10.2 Å². The summed E-state index contributed by atoms with van der Waals surface area (Å²) < 4.78 is 0. The lowest BCUT2D eigenvalue weighted by atomic mass is 9.92. The molecule has 0 bridgehead atoms. The third-order valence-electron chi connectivity index (χ3n) is 4.44. The van der Waals surface area contributed by atoms with Crippen LogP contribution in [0, 0.1) is 5.92 Å². The highest BCUT2D eigenvalue weighted by Crippen LogP contribution is 2.23. The summed E-state index contributed by atoms with van der Waals surface area (Å²) in [5.41, 5.74) is 5.37. The lowest BCUT2D eigenvalue weighted by Crippen LogP contribution is -2.50. The van der Waals surface area contributed by atoms with Gasteiger partial charge in [-0.25, -0.2) is 0 Å². The number of likely N-dealkylation sites (tertiary alicyclic amines) is 1. The molecule has 3 unspecified atom stereocenters. The molecule has 3 atom stereocenters. The highest BCUT2D eigenvalue weighted by Gasteiger charge is 2.32. The third kappa shape index (κ3) is 3.69. The minimum atomic E-state index is -0.277. The van der Waals surface area contributed by atoms with Gasteiger partial charge >= 0.3 is 0 Å². The van der Waals surface area contributed by atoms with E-state index >= 15 is 0 Å². The van der Waals surface area contributed by atoms with Gasteiger partial charge in [-0.1, -0.05) is 6.42 Å². The second-order valence-corrected chi connectivity index (χ2v) is 5.92. The first-order valence-electron chi connectivity index (χ1n) is 7.40. The van der Waals surface area contributed by atoms with Crippen molar-refractivity contribution in [3.63, 3.8) is 0 Å². The van der Waals surface area contributed by atoms with Crippen molar-refractivity contribution in [2.75, 3.05) is 13.1 Å². The van der Waals surface area contributed by atoms with Crippen LogP contribution in [0.1, 0.15) is 45.4 Å². The van der Waals surface area contributed by atoms with Gasteiger partial charge in [0, 0.05) is 25.0 Å². The van der Waals surface area contributed by atoms with Crippen molar-refractivity contribution >= 4 is 11.8 Å². The van der Waals surface area contributed by atoms with Crippen molar-refractivity contribution in [3.05, 3.63) is 0 Å². The highest BCUT2D eigenvalue weighted by atomic mass is 16.2. The molecule has 5 nitrogen and oxygen atoms in total. The summed E-state index contributed by atoms with van der Waals surface area (Å²) in [4.78, 5) is 25.5. The molecule has 2 rings (SSSR count). The fraction of sp³-hybridized carbons (Fsp3) is 0.857. The summed E-state index contributed by atoms with van der Waals surface area (Å²) in [6.45, 7) is 3.57. The van der Waals surface area contributed by atoms with E-state index in [-0.39, 0.29) is 23.8 Å². The van der Waals surface area contributed by atoms with E-state index in [2.05, 4.69) is 12.2 Å². The summed E-state index contributed by atoms with van der Waals surface area (Å²) in [7, 11) is 0. The number of carbonyl (C=O) groups excluding carboxylic acids is 2. The van der Waals surface area contributed by atoms with Gasteiger partial charge in [-0.3, -0.25) is 9.59 Å².